The highest BCUT2D eigenvalue weighted by Gasteiger charge is 2.48. The molecule has 1 saturated carbocycles. The van der Waals surface area contributed by atoms with Gasteiger partial charge in [0, 0.05) is 11.8 Å². The quantitative estimate of drug-likeness (QED) is 0.730. The maximum absolute atomic E-state index is 11.9. The zero-order chi connectivity index (χ0) is 13.8. The van der Waals surface area contributed by atoms with Crippen LogP contribution in [0.3, 0.4) is 0 Å². The Hall–Kier alpha value is -0.620. The predicted octanol–water partition coefficient (Wildman–Crippen LogP) is 0.885. The van der Waals surface area contributed by atoms with Crippen molar-refractivity contribution in [3.63, 3.8) is 0 Å². The van der Waals surface area contributed by atoms with Gasteiger partial charge in [0.05, 0.1) is 18.3 Å². The molecule has 18 heavy (non-hydrogen) atoms. The van der Waals surface area contributed by atoms with Crippen LogP contribution < -0.4 is 5.32 Å². The highest BCUT2D eigenvalue weighted by Crippen LogP contribution is 2.37. The van der Waals surface area contributed by atoms with Crippen LogP contribution in [0, 0.1) is 0 Å². The van der Waals surface area contributed by atoms with Crippen LogP contribution in [-0.2, 0) is 19.4 Å². The van der Waals surface area contributed by atoms with Crippen molar-refractivity contribution in [3.05, 3.63) is 0 Å². The Morgan fingerprint density at radius 3 is 2.61 bits per heavy atom. The monoisotopic (exact) mass is 277 g/mol. The number of hydrogen-bond donors (Lipinski definition) is 1. The number of nitrogens with one attached hydrogen (secondary N) is 1. The van der Waals surface area contributed by atoms with E-state index in [1.807, 2.05) is 6.92 Å². The minimum Gasteiger partial charge on any atom is -0.466 e. The molecule has 1 N–H and O–H groups in total. The molecule has 2 unspecified atom stereocenters. The summed E-state index contributed by atoms with van der Waals surface area (Å²) in [6, 6.07) is 0. The smallest absolute Gasteiger partial charge is 0.307 e. The van der Waals surface area contributed by atoms with Gasteiger partial charge in [-0.25, -0.2) is 8.42 Å². The maximum atomic E-state index is 11.9. The summed E-state index contributed by atoms with van der Waals surface area (Å²) in [7, 11) is -3.16. The van der Waals surface area contributed by atoms with Crippen LogP contribution in [0.15, 0.2) is 0 Å². The Kier molecular flexibility index (Phi) is 5.16. The van der Waals surface area contributed by atoms with Gasteiger partial charge in [0.2, 0.25) is 0 Å². The summed E-state index contributed by atoms with van der Waals surface area (Å²) in [6.07, 6.45) is 3.53. The third-order valence-corrected chi connectivity index (χ3v) is 5.24. The summed E-state index contributed by atoms with van der Waals surface area (Å²) in [4.78, 5) is 11.7. The Morgan fingerprint density at radius 2 is 2.11 bits per heavy atom. The fraction of sp³-hybridized carbons (Fsp3) is 0.917. The average Bonchev–Trinajstić information content (AvgIpc) is 2.61. The molecule has 106 valence electrons. The number of rotatable bonds is 6. The number of sulfone groups is 1. The summed E-state index contributed by atoms with van der Waals surface area (Å²) in [5.41, 5.74) is -0.644. The number of hydrogen-bond acceptors (Lipinski definition) is 5. The topological polar surface area (TPSA) is 72.5 Å². The van der Waals surface area contributed by atoms with E-state index in [1.165, 1.54) is 6.26 Å². The van der Waals surface area contributed by atoms with Gasteiger partial charge in [-0.3, -0.25) is 4.79 Å². The lowest BCUT2D eigenvalue weighted by Gasteiger charge is -2.34. The van der Waals surface area contributed by atoms with Crippen LogP contribution in [0.2, 0.25) is 0 Å². The van der Waals surface area contributed by atoms with Crippen LogP contribution in [0.25, 0.3) is 0 Å². The van der Waals surface area contributed by atoms with E-state index in [-0.39, 0.29) is 12.4 Å². The van der Waals surface area contributed by atoms with Crippen molar-refractivity contribution in [1.82, 2.24) is 5.32 Å². The predicted molar refractivity (Wildman–Crippen MR) is 70.1 cm³/mol. The molecule has 0 aliphatic heterocycles. The van der Waals surface area contributed by atoms with Gasteiger partial charge in [0.25, 0.3) is 0 Å². The minimum absolute atomic E-state index is 0.131. The van der Waals surface area contributed by atoms with E-state index in [0.29, 0.717) is 26.0 Å². The van der Waals surface area contributed by atoms with E-state index >= 15 is 0 Å². The fourth-order valence-electron chi connectivity index (χ4n) is 2.95. The molecule has 0 aromatic carbocycles. The average molecular weight is 277 g/mol. The normalized spacial score (nSPS) is 28.3. The molecule has 0 radical (unpaired) electrons. The van der Waals surface area contributed by atoms with E-state index in [0.717, 1.165) is 6.42 Å². The zero-order valence-electron chi connectivity index (χ0n) is 11.4. The van der Waals surface area contributed by atoms with E-state index in [1.54, 1.807) is 6.92 Å². The third-order valence-electron chi connectivity index (χ3n) is 3.52. The Morgan fingerprint density at radius 1 is 1.44 bits per heavy atom. The number of esters is 1. The summed E-state index contributed by atoms with van der Waals surface area (Å²) < 4.78 is 28.7. The van der Waals surface area contributed by atoms with Crippen molar-refractivity contribution in [3.8, 4) is 0 Å². The van der Waals surface area contributed by atoms with Crippen LogP contribution in [0.5, 0.6) is 0 Å². The summed E-state index contributed by atoms with van der Waals surface area (Å²) in [5.74, 6) is -0.325. The second kappa shape index (κ2) is 6.02. The van der Waals surface area contributed by atoms with Gasteiger partial charge in [0.1, 0.15) is 0 Å². The van der Waals surface area contributed by atoms with E-state index < -0.39 is 20.6 Å². The molecule has 5 nitrogen and oxygen atoms in total. The van der Waals surface area contributed by atoms with Gasteiger partial charge in [0.15, 0.2) is 9.84 Å². The van der Waals surface area contributed by atoms with Gasteiger partial charge in [-0.2, -0.15) is 0 Å². The molecule has 1 aliphatic carbocycles. The molecule has 0 bridgehead atoms. The molecule has 2 atom stereocenters. The lowest BCUT2D eigenvalue weighted by molar-refractivity contribution is -0.144. The van der Waals surface area contributed by atoms with Gasteiger partial charge in [-0.15, -0.1) is 0 Å². The maximum Gasteiger partial charge on any atom is 0.307 e. The highest BCUT2D eigenvalue weighted by atomic mass is 32.2. The summed E-state index contributed by atoms with van der Waals surface area (Å²) in [6.45, 7) is 4.64. The first kappa shape index (κ1) is 15.4. The molecule has 0 amide bonds. The molecule has 1 aliphatic rings. The molecule has 6 heteroatoms. The van der Waals surface area contributed by atoms with Gasteiger partial charge >= 0.3 is 5.97 Å². The van der Waals surface area contributed by atoms with Gasteiger partial charge in [-0.1, -0.05) is 13.3 Å². The SMILES string of the molecule is CCNC1(CC(=O)OCC)CCCC1S(C)(=O)=O. The molecule has 0 heterocycles. The van der Waals surface area contributed by atoms with E-state index in [9.17, 15) is 13.2 Å². The molecule has 0 spiro atoms. The fourth-order valence-corrected chi connectivity index (χ4v) is 4.65. The molecule has 1 fully saturated rings. The van der Waals surface area contributed by atoms with Crippen LogP contribution >= 0.6 is 0 Å². The Labute approximate surface area is 109 Å². The summed E-state index contributed by atoms with van der Waals surface area (Å²) >= 11 is 0. The molecule has 0 aromatic rings. The number of carbonyl (C=O) groups excluding carboxylic acids is 1. The van der Waals surface area contributed by atoms with Gasteiger partial charge in [-0.05, 0) is 26.3 Å². The first-order valence-corrected chi connectivity index (χ1v) is 8.40. The molecule has 0 saturated heterocycles. The van der Waals surface area contributed by atoms with Crippen molar-refractivity contribution < 1.29 is 17.9 Å². The second-order valence-electron chi connectivity index (χ2n) is 4.88. The Balaban J connectivity index is 2.95. The van der Waals surface area contributed by atoms with Crippen LogP contribution in [-0.4, -0.2) is 44.6 Å². The minimum atomic E-state index is -3.16. The van der Waals surface area contributed by atoms with Crippen molar-refractivity contribution in [2.24, 2.45) is 0 Å². The second-order valence-corrected chi connectivity index (χ2v) is 7.11. The first-order chi connectivity index (χ1) is 8.35. The van der Waals surface area contributed by atoms with Crippen molar-refractivity contribution in [2.45, 2.75) is 50.3 Å². The zero-order valence-corrected chi connectivity index (χ0v) is 12.2. The van der Waals surface area contributed by atoms with E-state index in [2.05, 4.69) is 5.32 Å². The largest absolute Gasteiger partial charge is 0.466 e. The van der Waals surface area contributed by atoms with E-state index in [4.69, 9.17) is 4.74 Å². The van der Waals surface area contributed by atoms with Gasteiger partial charge < -0.3 is 10.1 Å². The van der Waals surface area contributed by atoms with Crippen molar-refractivity contribution >= 4 is 15.8 Å². The Bertz CT molecular complexity index is 393. The first-order valence-electron chi connectivity index (χ1n) is 6.45. The molecule has 0 aromatic heterocycles. The number of ether oxygens (including phenoxy) is 1. The third kappa shape index (κ3) is 3.45. The molecule has 1 rings (SSSR count). The standard InChI is InChI=1S/C12H23NO4S/c1-4-13-12(9-11(14)17-5-2)8-6-7-10(12)18(3,15)16/h10,13H,4-9H2,1-3H3. The van der Waals surface area contributed by atoms with Crippen molar-refractivity contribution in [2.75, 3.05) is 19.4 Å². The molecular weight excluding hydrogens is 254 g/mol. The lowest BCUT2D eigenvalue weighted by atomic mass is 9.92. The highest BCUT2D eigenvalue weighted by molar-refractivity contribution is 7.91. The van der Waals surface area contributed by atoms with Crippen molar-refractivity contribution in [1.29, 1.82) is 0 Å². The van der Waals surface area contributed by atoms with Crippen LogP contribution in [0.4, 0.5) is 0 Å². The summed E-state index contributed by atoms with van der Waals surface area (Å²) in [5, 5.41) is 2.73. The number of carbonyl (C=O) groups is 1. The lowest BCUT2D eigenvalue weighted by Crippen LogP contribution is -2.55. The molecular formula is C12H23NO4S. The van der Waals surface area contributed by atoms with Crippen LogP contribution in [0.1, 0.15) is 39.5 Å².